The van der Waals surface area contributed by atoms with Crippen molar-refractivity contribution in [1.82, 2.24) is 10.2 Å². The first kappa shape index (κ1) is 25.8. The molecule has 0 unspecified atom stereocenters. The topological polar surface area (TPSA) is 58.6 Å². The minimum Gasteiger partial charge on any atom is -0.497 e. The Hall–Kier alpha value is -2.47. The number of hydrogen-bond donors (Lipinski definition) is 1. The lowest BCUT2D eigenvalue weighted by Crippen LogP contribution is -2.53. The van der Waals surface area contributed by atoms with E-state index in [4.69, 9.17) is 4.74 Å². The molecule has 1 N–H and O–H groups in total. The van der Waals surface area contributed by atoms with E-state index in [1.165, 1.54) is 5.56 Å². The lowest BCUT2D eigenvalue weighted by Gasteiger charge is -2.33. The number of thioether (sulfide) groups is 1. The number of ether oxygens (including phenoxy) is 1. The molecule has 2 rings (SSSR count). The molecule has 0 heterocycles. The number of methoxy groups -OCH3 is 1. The second-order valence-electron chi connectivity index (χ2n) is 8.95. The fourth-order valence-electron chi connectivity index (χ4n) is 3.37. The number of rotatable bonds is 10. The van der Waals surface area contributed by atoms with Crippen LogP contribution in [-0.4, -0.2) is 41.2 Å². The summed E-state index contributed by atoms with van der Waals surface area (Å²) >= 11 is 1.66. The minimum atomic E-state index is -0.530. The van der Waals surface area contributed by atoms with Gasteiger partial charge in [0, 0.05) is 29.2 Å². The van der Waals surface area contributed by atoms with Crippen LogP contribution in [0, 0.1) is 6.92 Å². The third-order valence-electron chi connectivity index (χ3n) is 4.98. The average molecular weight is 457 g/mol. The fraction of sp³-hybridized carbons (Fsp3) is 0.462. The standard InChI is InChI=1S/C26H36N2O3S/c1-7-23(25(30)27-26(3,4)5)28(18-20-9-8-10-21(17-20)31-6)24(29)15-16-32-22-13-11-19(2)12-14-22/h8-14,17,23H,7,15-16,18H2,1-6H3,(H,27,30)/t23-/m1/s1. The van der Waals surface area contributed by atoms with Crippen LogP contribution >= 0.6 is 11.8 Å². The van der Waals surface area contributed by atoms with Crippen molar-refractivity contribution in [2.24, 2.45) is 0 Å². The van der Waals surface area contributed by atoms with Gasteiger partial charge >= 0.3 is 0 Å². The zero-order chi connectivity index (χ0) is 23.7. The van der Waals surface area contributed by atoms with Gasteiger partial charge in [0.1, 0.15) is 11.8 Å². The van der Waals surface area contributed by atoms with Crippen LogP contribution in [0.25, 0.3) is 0 Å². The van der Waals surface area contributed by atoms with Gasteiger partial charge in [-0.25, -0.2) is 0 Å². The van der Waals surface area contributed by atoms with Crippen molar-refractivity contribution in [3.8, 4) is 5.75 Å². The summed E-state index contributed by atoms with van der Waals surface area (Å²) in [6.45, 7) is 10.2. The quantitative estimate of drug-likeness (QED) is 0.499. The molecule has 1 atom stereocenters. The molecule has 0 aromatic heterocycles. The molecule has 0 fully saturated rings. The van der Waals surface area contributed by atoms with Gasteiger partial charge in [0.2, 0.25) is 11.8 Å². The molecule has 0 radical (unpaired) electrons. The highest BCUT2D eigenvalue weighted by molar-refractivity contribution is 7.99. The van der Waals surface area contributed by atoms with Gasteiger partial charge in [-0.1, -0.05) is 36.8 Å². The van der Waals surface area contributed by atoms with Crippen molar-refractivity contribution < 1.29 is 14.3 Å². The molecular formula is C26H36N2O3S. The Balaban J connectivity index is 2.17. The number of carbonyl (C=O) groups is 2. The maximum absolute atomic E-state index is 13.3. The predicted octanol–water partition coefficient (Wildman–Crippen LogP) is 5.21. The molecule has 2 amide bonds. The molecule has 0 bridgehead atoms. The van der Waals surface area contributed by atoms with E-state index in [1.807, 2.05) is 52.0 Å². The molecule has 0 spiro atoms. The molecule has 6 heteroatoms. The van der Waals surface area contributed by atoms with Crippen LogP contribution in [0.5, 0.6) is 5.75 Å². The van der Waals surface area contributed by atoms with E-state index in [1.54, 1.807) is 23.8 Å². The summed E-state index contributed by atoms with van der Waals surface area (Å²) in [6.07, 6.45) is 0.907. The molecule has 2 aromatic carbocycles. The molecule has 0 aliphatic heterocycles. The highest BCUT2D eigenvalue weighted by atomic mass is 32.2. The highest BCUT2D eigenvalue weighted by Crippen LogP contribution is 2.22. The number of amides is 2. The predicted molar refractivity (Wildman–Crippen MR) is 132 cm³/mol. The van der Waals surface area contributed by atoms with Gasteiger partial charge in [0.15, 0.2) is 0 Å². The molecule has 0 saturated carbocycles. The number of carbonyl (C=O) groups excluding carboxylic acids is 2. The number of nitrogens with one attached hydrogen (secondary N) is 1. The van der Waals surface area contributed by atoms with Gasteiger partial charge in [-0.3, -0.25) is 9.59 Å². The van der Waals surface area contributed by atoms with Gasteiger partial charge in [-0.05, 0) is 63.9 Å². The lowest BCUT2D eigenvalue weighted by molar-refractivity contribution is -0.141. The molecule has 32 heavy (non-hydrogen) atoms. The third-order valence-corrected chi connectivity index (χ3v) is 5.99. The maximum atomic E-state index is 13.3. The Morgan fingerprint density at radius 3 is 2.41 bits per heavy atom. The van der Waals surface area contributed by atoms with Crippen LogP contribution in [-0.2, 0) is 16.1 Å². The summed E-state index contributed by atoms with van der Waals surface area (Å²) in [5.74, 6) is 1.25. The normalized spacial score (nSPS) is 12.2. The molecule has 0 saturated heterocycles. The first-order valence-corrected chi connectivity index (χ1v) is 12.1. The second kappa shape index (κ2) is 12.0. The number of benzene rings is 2. The summed E-state index contributed by atoms with van der Waals surface area (Å²) in [7, 11) is 1.62. The van der Waals surface area contributed by atoms with E-state index < -0.39 is 6.04 Å². The summed E-state index contributed by atoms with van der Waals surface area (Å²) < 4.78 is 5.33. The molecule has 2 aromatic rings. The van der Waals surface area contributed by atoms with Crippen LogP contribution in [0.3, 0.4) is 0 Å². The smallest absolute Gasteiger partial charge is 0.243 e. The van der Waals surface area contributed by atoms with Crippen molar-refractivity contribution in [1.29, 1.82) is 0 Å². The molecule has 174 valence electrons. The SMILES string of the molecule is CC[C@H](C(=O)NC(C)(C)C)N(Cc1cccc(OC)c1)C(=O)CCSc1ccc(C)cc1. The zero-order valence-corrected chi connectivity index (χ0v) is 20.9. The third kappa shape index (κ3) is 8.23. The Morgan fingerprint density at radius 1 is 1.12 bits per heavy atom. The summed E-state index contributed by atoms with van der Waals surface area (Å²) in [5.41, 5.74) is 1.78. The van der Waals surface area contributed by atoms with Gasteiger partial charge < -0.3 is 15.0 Å². The van der Waals surface area contributed by atoms with Gasteiger partial charge in [-0.2, -0.15) is 0 Å². The van der Waals surface area contributed by atoms with Crippen LogP contribution < -0.4 is 10.1 Å². The van der Waals surface area contributed by atoms with Gasteiger partial charge in [-0.15, -0.1) is 11.8 Å². The highest BCUT2D eigenvalue weighted by Gasteiger charge is 2.30. The fourth-order valence-corrected chi connectivity index (χ4v) is 4.22. The first-order valence-electron chi connectivity index (χ1n) is 11.1. The zero-order valence-electron chi connectivity index (χ0n) is 20.1. The van der Waals surface area contributed by atoms with Crippen LogP contribution in [0.2, 0.25) is 0 Å². The van der Waals surface area contributed by atoms with Crippen LogP contribution in [0.4, 0.5) is 0 Å². The molecule has 0 aliphatic rings. The Kier molecular flexibility index (Phi) is 9.63. The van der Waals surface area contributed by atoms with E-state index in [9.17, 15) is 9.59 Å². The largest absolute Gasteiger partial charge is 0.497 e. The number of hydrogen-bond acceptors (Lipinski definition) is 4. The Bertz CT molecular complexity index is 891. The maximum Gasteiger partial charge on any atom is 0.243 e. The monoisotopic (exact) mass is 456 g/mol. The molecule has 5 nitrogen and oxygen atoms in total. The van der Waals surface area contributed by atoms with E-state index in [0.29, 0.717) is 25.1 Å². The van der Waals surface area contributed by atoms with Crippen LogP contribution in [0.1, 0.15) is 51.7 Å². The summed E-state index contributed by atoms with van der Waals surface area (Å²) in [6, 6.07) is 15.4. The van der Waals surface area contributed by atoms with E-state index >= 15 is 0 Å². The Morgan fingerprint density at radius 2 is 1.81 bits per heavy atom. The van der Waals surface area contributed by atoms with E-state index in [2.05, 4.69) is 36.5 Å². The van der Waals surface area contributed by atoms with Crippen molar-refractivity contribution in [2.75, 3.05) is 12.9 Å². The second-order valence-corrected chi connectivity index (χ2v) is 10.1. The van der Waals surface area contributed by atoms with Crippen LogP contribution in [0.15, 0.2) is 53.4 Å². The molecule has 0 aliphatic carbocycles. The van der Waals surface area contributed by atoms with Crippen molar-refractivity contribution in [2.45, 2.75) is 70.5 Å². The lowest BCUT2D eigenvalue weighted by atomic mass is 10.1. The summed E-state index contributed by atoms with van der Waals surface area (Å²) in [4.78, 5) is 29.2. The van der Waals surface area contributed by atoms with Gasteiger partial charge in [0.25, 0.3) is 0 Å². The van der Waals surface area contributed by atoms with Gasteiger partial charge in [0.05, 0.1) is 7.11 Å². The van der Waals surface area contributed by atoms with Crippen molar-refractivity contribution >= 4 is 23.6 Å². The van der Waals surface area contributed by atoms with E-state index in [-0.39, 0.29) is 17.4 Å². The first-order chi connectivity index (χ1) is 15.1. The summed E-state index contributed by atoms with van der Waals surface area (Å²) in [5, 5.41) is 3.04. The van der Waals surface area contributed by atoms with Crippen molar-refractivity contribution in [3.63, 3.8) is 0 Å². The minimum absolute atomic E-state index is 0.0247. The number of nitrogens with zero attached hydrogens (tertiary/aromatic N) is 1. The number of aryl methyl sites for hydroxylation is 1. The molecular weight excluding hydrogens is 420 g/mol. The average Bonchev–Trinajstić information content (AvgIpc) is 2.73. The van der Waals surface area contributed by atoms with Crippen molar-refractivity contribution in [3.05, 3.63) is 59.7 Å². The Labute approximate surface area is 196 Å². The van der Waals surface area contributed by atoms with E-state index in [0.717, 1.165) is 16.2 Å².